The number of amides is 2. The minimum absolute atomic E-state index is 0.117. The van der Waals surface area contributed by atoms with E-state index in [0.717, 1.165) is 46.9 Å². The van der Waals surface area contributed by atoms with Gasteiger partial charge in [-0.25, -0.2) is 18.4 Å². The second-order valence-electron chi connectivity index (χ2n) is 13.4. The van der Waals surface area contributed by atoms with E-state index < -0.39 is 23.6 Å². The van der Waals surface area contributed by atoms with Crippen molar-refractivity contribution in [2.45, 2.75) is 84.0 Å². The molecule has 1 saturated carbocycles. The number of nitrogens with one attached hydrogen (secondary N) is 1. The molecular formula is C35H38ClF2N5O4. The number of fused-ring (bicyclic) bond motifs is 2. The highest BCUT2D eigenvalue weighted by atomic mass is 35.5. The minimum Gasteiger partial charge on any atom is -0.444 e. The Morgan fingerprint density at radius 3 is 2.47 bits per heavy atom. The fraction of sp³-hybridized carbons (Fsp3) is 0.429. The molecule has 2 aromatic carbocycles. The molecule has 0 atom stereocenters. The summed E-state index contributed by atoms with van der Waals surface area (Å²) in [6.07, 6.45) is 1.39. The Balaban J connectivity index is 1.17. The quantitative estimate of drug-likeness (QED) is 0.238. The third kappa shape index (κ3) is 7.05. The molecule has 0 saturated heterocycles. The first-order valence-electron chi connectivity index (χ1n) is 15.9. The van der Waals surface area contributed by atoms with Crippen LogP contribution >= 0.6 is 11.6 Å². The molecule has 6 rings (SSSR count). The Kier molecular flexibility index (Phi) is 9.11. The van der Waals surface area contributed by atoms with Crippen molar-refractivity contribution in [1.82, 2.24) is 24.3 Å². The summed E-state index contributed by atoms with van der Waals surface area (Å²) in [6.45, 7) is 7.03. The predicted octanol–water partition coefficient (Wildman–Crippen LogP) is 7.06. The number of rotatable bonds is 6. The van der Waals surface area contributed by atoms with Crippen LogP contribution in [0.15, 0.2) is 59.5 Å². The van der Waals surface area contributed by atoms with E-state index in [1.165, 1.54) is 6.07 Å². The topological polar surface area (TPSA) is 98.5 Å². The molecule has 0 spiro atoms. The van der Waals surface area contributed by atoms with Crippen LogP contribution in [-0.4, -0.2) is 49.2 Å². The number of benzene rings is 2. The van der Waals surface area contributed by atoms with Crippen LogP contribution in [0.25, 0.3) is 16.7 Å². The first-order valence-corrected chi connectivity index (χ1v) is 16.3. The van der Waals surface area contributed by atoms with E-state index in [2.05, 4.69) is 10.3 Å². The maximum Gasteiger partial charge on any atom is 0.410 e. The normalized spacial score (nSPS) is 18.3. The predicted molar refractivity (Wildman–Crippen MR) is 175 cm³/mol. The standard InChI is InChI=1S/C35H38ClF2N5O4/c1-35(2,3)47-34(46)41-15-14-22-10-13-26(16-23(22)20-41)43-29-7-5-4-6-28(29)42(33(43)45)19-21-8-11-25(12-9-21)40-32(44)27-17-24(36)18-39-30(27)31(37)38/h4-7,10,13,16-18,21,25,31H,8-9,11-12,14-15,19-20H2,1-3H3,(H,40,44)/t21-,25-. The van der Waals surface area contributed by atoms with E-state index in [1.54, 1.807) is 9.47 Å². The number of hydrogen-bond donors (Lipinski definition) is 1. The van der Waals surface area contributed by atoms with Crippen LogP contribution in [0.4, 0.5) is 13.6 Å². The van der Waals surface area contributed by atoms with Gasteiger partial charge in [-0.3, -0.25) is 18.9 Å². The Morgan fingerprint density at radius 1 is 1.04 bits per heavy atom. The second-order valence-corrected chi connectivity index (χ2v) is 13.8. The smallest absolute Gasteiger partial charge is 0.410 e. The number of hydrogen-bond acceptors (Lipinski definition) is 5. The van der Waals surface area contributed by atoms with Gasteiger partial charge in [0.15, 0.2) is 0 Å². The maximum atomic E-state index is 14.0. The van der Waals surface area contributed by atoms with Gasteiger partial charge in [0.05, 0.1) is 27.3 Å². The minimum atomic E-state index is -2.89. The van der Waals surface area contributed by atoms with Gasteiger partial charge < -0.3 is 15.0 Å². The molecule has 2 amide bonds. The summed E-state index contributed by atoms with van der Waals surface area (Å²) in [6, 6.07) is 14.7. The van der Waals surface area contributed by atoms with Crippen LogP contribution in [0.1, 0.15) is 80.1 Å². The summed E-state index contributed by atoms with van der Waals surface area (Å²) in [7, 11) is 0. The second kappa shape index (κ2) is 13.1. The van der Waals surface area contributed by atoms with Crippen LogP contribution in [0.3, 0.4) is 0 Å². The van der Waals surface area contributed by atoms with E-state index >= 15 is 0 Å². The molecule has 2 aliphatic rings. The number of ether oxygens (including phenoxy) is 1. The number of aromatic nitrogens is 3. The van der Waals surface area contributed by atoms with Crippen molar-refractivity contribution in [3.05, 3.63) is 92.6 Å². The molecule has 4 aromatic rings. The van der Waals surface area contributed by atoms with Crippen LogP contribution < -0.4 is 11.0 Å². The lowest BCUT2D eigenvalue weighted by Gasteiger charge is -2.31. The Bertz CT molecular complexity index is 1870. The van der Waals surface area contributed by atoms with Crippen LogP contribution in [0.5, 0.6) is 0 Å². The van der Waals surface area contributed by atoms with Gasteiger partial charge in [-0.15, -0.1) is 0 Å². The molecule has 248 valence electrons. The zero-order chi connectivity index (χ0) is 33.5. The largest absolute Gasteiger partial charge is 0.444 e. The molecule has 0 radical (unpaired) electrons. The molecule has 0 bridgehead atoms. The fourth-order valence-corrected chi connectivity index (χ4v) is 6.77. The highest BCUT2D eigenvalue weighted by Crippen LogP contribution is 2.30. The van der Waals surface area contributed by atoms with E-state index in [0.29, 0.717) is 38.9 Å². The number of nitrogens with zero attached hydrogens (tertiary/aromatic N) is 4. The number of halogens is 3. The molecule has 1 aliphatic heterocycles. The monoisotopic (exact) mass is 665 g/mol. The molecular weight excluding hydrogens is 628 g/mol. The SMILES string of the molecule is CC(C)(C)OC(=O)N1CCc2ccc(-n3c(=O)n(C[C@H]4CC[C@H](NC(=O)c5cc(Cl)cnc5C(F)F)CC4)c4ccccc43)cc2C1. The number of alkyl halides is 2. The number of imidazole rings is 1. The number of carbonyl (C=O) groups is 2. The lowest BCUT2D eigenvalue weighted by atomic mass is 9.85. The zero-order valence-corrected chi connectivity index (χ0v) is 27.4. The third-order valence-electron chi connectivity index (χ3n) is 8.91. The summed E-state index contributed by atoms with van der Waals surface area (Å²) in [4.78, 5) is 45.0. The fourth-order valence-electron chi connectivity index (χ4n) is 6.62. The van der Waals surface area contributed by atoms with E-state index in [1.807, 2.05) is 67.8 Å². The highest BCUT2D eigenvalue weighted by molar-refractivity contribution is 6.30. The summed E-state index contributed by atoms with van der Waals surface area (Å²) in [5.41, 5.74) is 2.96. The van der Waals surface area contributed by atoms with Crippen molar-refractivity contribution in [3.8, 4) is 5.69 Å². The first-order chi connectivity index (χ1) is 22.4. The van der Waals surface area contributed by atoms with Crippen molar-refractivity contribution >= 4 is 34.6 Å². The lowest BCUT2D eigenvalue weighted by Crippen LogP contribution is -2.40. The molecule has 9 nitrogen and oxygen atoms in total. The average molecular weight is 666 g/mol. The van der Waals surface area contributed by atoms with Gasteiger partial charge in [0.1, 0.15) is 11.3 Å². The molecule has 1 fully saturated rings. The van der Waals surface area contributed by atoms with Crippen LogP contribution in [-0.2, 0) is 24.2 Å². The van der Waals surface area contributed by atoms with Crippen molar-refractivity contribution in [3.63, 3.8) is 0 Å². The van der Waals surface area contributed by atoms with Gasteiger partial charge in [0, 0.05) is 31.9 Å². The molecule has 0 unspecified atom stereocenters. The number of para-hydroxylation sites is 2. The number of pyridine rings is 1. The summed E-state index contributed by atoms with van der Waals surface area (Å²) < 4.78 is 36.0. The highest BCUT2D eigenvalue weighted by Gasteiger charge is 2.29. The van der Waals surface area contributed by atoms with Gasteiger partial charge in [-0.2, -0.15) is 0 Å². The van der Waals surface area contributed by atoms with E-state index in [9.17, 15) is 23.2 Å². The summed E-state index contributed by atoms with van der Waals surface area (Å²) >= 11 is 5.93. The van der Waals surface area contributed by atoms with E-state index in [4.69, 9.17) is 16.3 Å². The number of carbonyl (C=O) groups excluding carboxylic acids is 2. The van der Waals surface area contributed by atoms with Crippen molar-refractivity contribution in [2.24, 2.45) is 5.92 Å². The van der Waals surface area contributed by atoms with Crippen molar-refractivity contribution < 1.29 is 23.1 Å². The average Bonchev–Trinajstić information content (AvgIpc) is 3.30. The van der Waals surface area contributed by atoms with Crippen LogP contribution in [0, 0.1) is 5.92 Å². The first kappa shape index (κ1) is 32.7. The van der Waals surface area contributed by atoms with Gasteiger partial charge in [0.2, 0.25) is 0 Å². The van der Waals surface area contributed by atoms with Gasteiger partial charge >= 0.3 is 11.8 Å². The molecule has 12 heteroatoms. The summed E-state index contributed by atoms with van der Waals surface area (Å²) in [5.74, 6) is -0.423. The molecule has 3 heterocycles. The van der Waals surface area contributed by atoms with Gasteiger partial charge in [0.25, 0.3) is 12.3 Å². The molecule has 1 N–H and O–H groups in total. The Labute approximate surface area is 276 Å². The molecule has 2 aromatic heterocycles. The van der Waals surface area contributed by atoms with Crippen molar-refractivity contribution in [1.29, 1.82) is 0 Å². The molecule has 1 aliphatic carbocycles. The van der Waals surface area contributed by atoms with Gasteiger partial charge in [-0.05, 0) is 100 Å². The van der Waals surface area contributed by atoms with Gasteiger partial charge in [-0.1, -0.05) is 29.8 Å². The third-order valence-corrected chi connectivity index (χ3v) is 9.11. The maximum absolute atomic E-state index is 14.0. The lowest BCUT2D eigenvalue weighted by molar-refractivity contribution is 0.0224. The zero-order valence-electron chi connectivity index (χ0n) is 26.6. The van der Waals surface area contributed by atoms with E-state index in [-0.39, 0.29) is 34.3 Å². The Hall–Kier alpha value is -4.25. The summed E-state index contributed by atoms with van der Waals surface area (Å²) in [5, 5.41) is 3.00. The Morgan fingerprint density at radius 2 is 1.77 bits per heavy atom. The van der Waals surface area contributed by atoms with Crippen LogP contribution in [0.2, 0.25) is 5.02 Å². The molecule has 47 heavy (non-hydrogen) atoms. The van der Waals surface area contributed by atoms with Crippen molar-refractivity contribution in [2.75, 3.05) is 6.54 Å².